The van der Waals surface area contributed by atoms with Crippen LogP contribution in [0, 0.1) is 11.8 Å². The van der Waals surface area contributed by atoms with E-state index in [2.05, 4.69) is 38.0 Å². The molecule has 3 unspecified atom stereocenters. The molecule has 1 aliphatic heterocycles. The average Bonchev–Trinajstić information content (AvgIpc) is 2.27. The summed E-state index contributed by atoms with van der Waals surface area (Å²) in [5.74, 6) is 1.71. The van der Waals surface area contributed by atoms with Crippen molar-refractivity contribution in [3.05, 3.63) is 0 Å². The lowest BCUT2D eigenvalue weighted by Gasteiger charge is -2.41. The third kappa shape index (κ3) is 3.69. The van der Waals surface area contributed by atoms with Crippen molar-refractivity contribution in [2.45, 2.75) is 58.3 Å². The maximum absolute atomic E-state index is 5.82. The van der Waals surface area contributed by atoms with E-state index in [9.17, 15) is 0 Å². The van der Waals surface area contributed by atoms with Gasteiger partial charge in [-0.2, -0.15) is 0 Å². The van der Waals surface area contributed by atoms with Crippen molar-refractivity contribution < 1.29 is 4.74 Å². The Morgan fingerprint density at radius 3 is 2.39 bits per heavy atom. The number of hydrogen-bond donors (Lipinski definition) is 1. The zero-order valence-corrected chi connectivity index (χ0v) is 12.5. The third-order valence-corrected chi connectivity index (χ3v) is 4.60. The van der Waals surface area contributed by atoms with E-state index >= 15 is 0 Å². The van der Waals surface area contributed by atoms with E-state index in [1.54, 1.807) is 0 Å². The van der Waals surface area contributed by atoms with Crippen LogP contribution in [0.5, 0.6) is 0 Å². The summed E-state index contributed by atoms with van der Waals surface area (Å²) in [6, 6.07) is 0.717. The number of nitrogens with zero attached hydrogens (tertiary/aromatic N) is 1. The molecular formula is C15H30N2O. The monoisotopic (exact) mass is 254 g/mol. The fraction of sp³-hybridized carbons (Fsp3) is 1.00. The van der Waals surface area contributed by atoms with Crippen LogP contribution < -0.4 is 5.32 Å². The van der Waals surface area contributed by atoms with E-state index in [4.69, 9.17) is 4.74 Å². The molecular weight excluding hydrogens is 224 g/mol. The SMILES string of the molecule is CNC1CCC(C)CC1CN1C[C@@H](C)O[C@@H](C)C1. The Bertz CT molecular complexity index is 249. The molecule has 5 atom stereocenters. The van der Waals surface area contributed by atoms with E-state index in [1.165, 1.54) is 25.8 Å². The van der Waals surface area contributed by atoms with E-state index < -0.39 is 0 Å². The number of rotatable bonds is 3. The Balaban J connectivity index is 1.89. The van der Waals surface area contributed by atoms with E-state index in [0.717, 1.165) is 31.0 Å². The van der Waals surface area contributed by atoms with Gasteiger partial charge in [0, 0.05) is 25.7 Å². The summed E-state index contributed by atoms with van der Waals surface area (Å²) in [5.41, 5.74) is 0. The lowest BCUT2D eigenvalue weighted by molar-refractivity contribution is -0.0741. The molecule has 0 spiro atoms. The quantitative estimate of drug-likeness (QED) is 0.835. The summed E-state index contributed by atoms with van der Waals surface area (Å²) < 4.78 is 5.82. The normalized spacial score (nSPS) is 43.0. The van der Waals surface area contributed by atoms with Crippen molar-refractivity contribution in [2.24, 2.45) is 11.8 Å². The van der Waals surface area contributed by atoms with Gasteiger partial charge in [-0.3, -0.25) is 4.90 Å². The van der Waals surface area contributed by atoms with Crippen molar-refractivity contribution >= 4 is 0 Å². The average molecular weight is 254 g/mol. The highest BCUT2D eigenvalue weighted by molar-refractivity contribution is 4.86. The van der Waals surface area contributed by atoms with Gasteiger partial charge in [0.05, 0.1) is 12.2 Å². The van der Waals surface area contributed by atoms with Crippen LogP contribution >= 0.6 is 0 Å². The van der Waals surface area contributed by atoms with Gasteiger partial charge >= 0.3 is 0 Å². The van der Waals surface area contributed by atoms with Gasteiger partial charge in [0.2, 0.25) is 0 Å². The van der Waals surface area contributed by atoms with Crippen molar-refractivity contribution in [3.8, 4) is 0 Å². The van der Waals surface area contributed by atoms with Gasteiger partial charge in [-0.05, 0) is 52.0 Å². The second-order valence-corrected chi connectivity index (χ2v) is 6.55. The summed E-state index contributed by atoms with van der Waals surface area (Å²) in [5, 5.41) is 3.53. The molecule has 0 radical (unpaired) electrons. The summed E-state index contributed by atoms with van der Waals surface area (Å²) in [4.78, 5) is 2.62. The Morgan fingerprint density at radius 2 is 1.78 bits per heavy atom. The summed E-state index contributed by atoms with van der Waals surface area (Å²) >= 11 is 0. The molecule has 0 aromatic rings. The first-order valence-electron chi connectivity index (χ1n) is 7.63. The van der Waals surface area contributed by atoms with Crippen molar-refractivity contribution in [3.63, 3.8) is 0 Å². The zero-order valence-electron chi connectivity index (χ0n) is 12.5. The Labute approximate surface area is 112 Å². The molecule has 1 saturated heterocycles. The van der Waals surface area contributed by atoms with Crippen molar-refractivity contribution in [2.75, 3.05) is 26.7 Å². The molecule has 2 rings (SSSR count). The minimum Gasteiger partial charge on any atom is -0.373 e. The molecule has 0 bridgehead atoms. The summed E-state index contributed by atoms with van der Waals surface area (Å²) in [6.45, 7) is 10.2. The van der Waals surface area contributed by atoms with Gasteiger partial charge in [-0.25, -0.2) is 0 Å². The van der Waals surface area contributed by atoms with Crippen molar-refractivity contribution in [1.29, 1.82) is 0 Å². The van der Waals surface area contributed by atoms with Gasteiger partial charge in [0.15, 0.2) is 0 Å². The van der Waals surface area contributed by atoms with Crippen molar-refractivity contribution in [1.82, 2.24) is 10.2 Å². The van der Waals surface area contributed by atoms with E-state index in [1.807, 2.05) is 0 Å². The number of ether oxygens (including phenoxy) is 1. The fourth-order valence-corrected chi connectivity index (χ4v) is 3.85. The molecule has 3 heteroatoms. The maximum atomic E-state index is 5.82. The first kappa shape index (κ1) is 14.3. The summed E-state index contributed by atoms with van der Waals surface area (Å²) in [6.07, 6.45) is 4.90. The van der Waals surface area contributed by atoms with Gasteiger partial charge < -0.3 is 10.1 Å². The number of nitrogens with one attached hydrogen (secondary N) is 1. The van der Waals surface area contributed by atoms with Crippen LogP contribution in [0.4, 0.5) is 0 Å². The topological polar surface area (TPSA) is 24.5 Å². The largest absolute Gasteiger partial charge is 0.373 e. The molecule has 1 saturated carbocycles. The number of morpholine rings is 1. The van der Waals surface area contributed by atoms with Crippen LogP contribution in [0.2, 0.25) is 0 Å². The van der Waals surface area contributed by atoms with E-state index in [-0.39, 0.29) is 0 Å². The van der Waals surface area contributed by atoms with Crippen LogP contribution in [0.25, 0.3) is 0 Å². The predicted molar refractivity (Wildman–Crippen MR) is 75.8 cm³/mol. The molecule has 2 aliphatic rings. The van der Waals surface area contributed by atoms with Crippen LogP contribution in [0.3, 0.4) is 0 Å². The Morgan fingerprint density at radius 1 is 1.11 bits per heavy atom. The molecule has 0 aromatic heterocycles. The maximum Gasteiger partial charge on any atom is 0.0678 e. The highest BCUT2D eigenvalue weighted by atomic mass is 16.5. The minimum atomic E-state index is 0.391. The van der Waals surface area contributed by atoms with Gasteiger partial charge in [-0.1, -0.05) is 6.92 Å². The molecule has 1 N–H and O–H groups in total. The van der Waals surface area contributed by atoms with Crippen LogP contribution in [-0.4, -0.2) is 49.8 Å². The van der Waals surface area contributed by atoms with Crippen LogP contribution in [-0.2, 0) is 4.74 Å². The third-order valence-electron chi connectivity index (χ3n) is 4.60. The minimum absolute atomic E-state index is 0.391. The fourth-order valence-electron chi connectivity index (χ4n) is 3.85. The lowest BCUT2D eigenvalue weighted by atomic mass is 9.78. The van der Waals surface area contributed by atoms with Gasteiger partial charge in [-0.15, -0.1) is 0 Å². The van der Waals surface area contributed by atoms with Crippen LogP contribution in [0.15, 0.2) is 0 Å². The number of hydrogen-bond acceptors (Lipinski definition) is 3. The zero-order chi connectivity index (χ0) is 13.1. The predicted octanol–water partition coefficient (Wildman–Crippen LogP) is 2.12. The molecule has 0 aromatic carbocycles. The standard InChI is InChI=1S/C15H30N2O/c1-11-5-6-15(16-4)14(7-11)10-17-8-12(2)18-13(3)9-17/h11-16H,5-10H2,1-4H3/t11?,12-,13+,14?,15?. The van der Waals surface area contributed by atoms with Gasteiger partial charge in [0.25, 0.3) is 0 Å². The molecule has 18 heavy (non-hydrogen) atoms. The van der Waals surface area contributed by atoms with Gasteiger partial charge in [0.1, 0.15) is 0 Å². The highest BCUT2D eigenvalue weighted by Gasteiger charge is 2.31. The first-order chi connectivity index (χ1) is 8.58. The Kier molecular flexibility index (Phi) is 5.05. The smallest absolute Gasteiger partial charge is 0.0678 e. The molecule has 0 amide bonds. The second kappa shape index (κ2) is 6.36. The molecule has 2 fully saturated rings. The molecule has 1 aliphatic carbocycles. The summed E-state index contributed by atoms with van der Waals surface area (Å²) in [7, 11) is 2.12. The Hall–Kier alpha value is -0.120. The molecule has 106 valence electrons. The van der Waals surface area contributed by atoms with E-state index in [0.29, 0.717) is 12.2 Å². The molecule has 3 nitrogen and oxygen atoms in total. The lowest BCUT2D eigenvalue weighted by Crippen LogP contribution is -2.50. The second-order valence-electron chi connectivity index (χ2n) is 6.55. The highest BCUT2D eigenvalue weighted by Crippen LogP contribution is 2.30. The van der Waals surface area contributed by atoms with Crippen LogP contribution in [0.1, 0.15) is 40.0 Å². The molecule has 1 heterocycles. The first-order valence-corrected chi connectivity index (χ1v) is 7.63.